The van der Waals surface area contributed by atoms with Crippen LogP contribution in [0.1, 0.15) is 33.1 Å². The molecule has 1 unspecified atom stereocenters. The molecule has 1 aliphatic heterocycles. The molecule has 0 aliphatic carbocycles. The molecule has 0 aromatic heterocycles. The Balaban J connectivity index is 2.09. The smallest absolute Gasteiger partial charge is 0.236 e. The van der Waals surface area contributed by atoms with E-state index in [0.717, 1.165) is 39.1 Å². The second-order valence-electron chi connectivity index (χ2n) is 4.34. The SMILES string of the molecule is CCOC(C)CNCC(=O)N1CCCCC1. The number of nitrogens with zero attached hydrogens (tertiary/aromatic N) is 1. The van der Waals surface area contributed by atoms with Crippen LogP contribution in [0.2, 0.25) is 0 Å². The van der Waals surface area contributed by atoms with Crippen LogP contribution in [0.5, 0.6) is 0 Å². The molecule has 1 heterocycles. The molecule has 1 N–H and O–H groups in total. The Kier molecular flexibility index (Phi) is 6.42. The molecule has 0 spiro atoms. The number of hydrogen-bond acceptors (Lipinski definition) is 3. The maximum absolute atomic E-state index is 11.8. The monoisotopic (exact) mass is 228 g/mol. The molecule has 0 aromatic rings. The van der Waals surface area contributed by atoms with Crippen molar-refractivity contribution in [3.63, 3.8) is 0 Å². The lowest BCUT2D eigenvalue weighted by Gasteiger charge is -2.27. The second-order valence-corrected chi connectivity index (χ2v) is 4.34. The highest BCUT2D eigenvalue weighted by molar-refractivity contribution is 5.78. The van der Waals surface area contributed by atoms with Crippen LogP contribution in [0.4, 0.5) is 0 Å². The number of carbonyl (C=O) groups excluding carboxylic acids is 1. The van der Waals surface area contributed by atoms with Gasteiger partial charge in [-0.2, -0.15) is 0 Å². The first-order chi connectivity index (χ1) is 7.74. The van der Waals surface area contributed by atoms with Crippen molar-refractivity contribution >= 4 is 5.91 Å². The third-order valence-corrected chi connectivity index (χ3v) is 2.87. The van der Waals surface area contributed by atoms with E-state index in [9.17, 15) is 4.79 Å². The topological polar surface area (TPSA) is 41.6 Å². The van der Waals surface area contributed by atoms with Crippen molar-refractivity contribution in [3.05, 3.63) is 0 Å². The Morgan fingerprint density at radius 3 is 2.69 bits per heavy atom. The molecule has 1 saturated heterocycles. The van der Waals surface area contributed by atoms with Gasteiger partial charge < -0.3 is 15.0 Å². The standard InChI is InChI=1S/C12H24N2O2/c1-3-16-11(2)9-13-10-12(15)14-7-5-4-6-8-14/h11,13H,3-10H2,1-2H3. The molecule has 1 rings (SSSR count). The van der Waals surface area contributed by atoms with Crippen LogP contribution < -0.4 is 5.32 Å². The quantitative estimate of drug-likeness (QED) is 0.738. The van der Waals surface area contributed by atoms with Crippen LogP contribution in [-0.2, 0) is 9.53 Å². The number of hydrogen-bond donors (Lipinski definition) is 1. The van der Waals surface area contributed by atoms with Gasteiger partial charge in [-0.05, 0) is 33.1 Å². The summed E-state index contributed by atoms with van der Waals surface area (Å²) in [5.74, 6) is 0.225. The first-order valence-corrected chi connectivity index (χ1v) is 6.34. The van der Waals surface area contributed by atoms with Crippen molar-refractivity contribution in [2.24, 2.45) is 0 Å². The average Bonchev–Trinajstić information content (AvgIpc) is 2.30. The molecular weight excluding hydrogens is 204 g/mol. The lowest BCUT2D eigenvalue weighted by Crippen LogP contribution is -2.42. The molecule has 0 radical (unpaired) electrons. The third-order valence-electron chi connectivity index (χ3n) is 2.87. The summed E-state index contributed by atoms with van der Waals surface area (Å²) in [4.78, 5) is 13.7. The van der Waals surface area contributed by atoms with E-state index in [1.54, 1.807) is 0 Å². The van der Waals surface area contributed by atoms with Crippen LogP contribution in [0.3, 0.4) is 0 Å². The van der Waals surface area contributed by atoms with E-state index < -0.39 is 0 Å². The fourth-order valence-corrected chi connectivity index (χ4v) is 1.98. The fraction of sp³-hybridized carbons (Fsp3) is 0.917. The molecule has 0 aromatic carbocycles. The van der Waals surface area contributed by atoms with Crippen LogP contribution in [0.25, 0.3) is 0 Å². The van der Waals surface area contributed by atoms with E-state index >= 15 is 0 Å². The van der Waals surface area contributed by atoms with Crippen LogP contribution in [-0.4, -0.2) is 49.7 Å². The number of likely N-dealkylation sites (tertiary alicyclic amines) is 1. The molecule has 0 bridgehead atoms. The van der Waals surface area contributed by atoms with Crippen molar-refractivity contribution < 1.29 is 9.53 Å². The molecule has 1 atom stereocenters. The molecule has 0 saturated carbocycles. The zero-order chi connectivity index (χ0) is 11.8. The molecular formula is C12H24N2O2. The van der Waals surface area contributed by atoms with Crippen LogP contribution in [0.15, 0.2) is 0 Å². The van der Waals surface area contributed by atoms with Crippen molar-refractivity contribution in [2.45, 2.75) is 39.2 Å². The van der Waals surface area contributed by atoms with Crippen LogP contribution >= 0.6 is 0 Å². The van der Waals surface area contributed by atoms with Gasteiger partial charge in [0.05, 0.1) is 12.6 Å². The summed E-state index contributed by atoms with van der Waals surface area (Å²) in [6.07, 6.45) is 3.75. The summed E-state index contributed by atoms with van der Waals surface area (Å²) in [5, 5.41) is 3.15. The van der Waals surface area contributed by atoms with Gasteiger partial charge in [0.1, 0.15) is 0 Å². The first-order valence-electron chi connectivity index (χ1n) is 6.34. The summed E-state index contributed by atoms with van der Waals surface area (Å²) in [5.41, 5.74) is 0. The van der Waals surface area contributed by atoms with Gasteiger partial charge in [-0.1, -0.05) is 0 Å². The normalized spacial score (nSPS) is 18.5. The van der Waals surface area contributed by atoms with Gasteiger partial charge in [-0.25, -0.2) is 0 Å². The van der Waals surface area contributed by atoms with Gasteiger partial charge in [-0.3, -0.25) is 4.79 Å². The minimum atomic E-state index is 0.180. The summed E-state index contributed by atoms with van der Waals surface area (Å²) in [6, 6.07) is 0. The van der Waals surface area contributed by atoms with E-state index in [0.29, 0.717) is 6.54 Å². The predicted molar refractivity (Wildman–Crippen MR) is 64.4 cm³/mol. The van der Waals surface area contributed by atoms with Crippen molar-refractivity contribution in [1.29, 1.82) is 0 Å². The minimum Gasteiger partial charge on any atom is -0.377 e. The Hall–Kier alpha value is -0.610. The Labute approximate surface area is 98.3 Å². The van der Waals surface area contributed by atoms with Gasteiger partial charge in [0.2, 0.25) is 5.91 Å². The summed E-state index contributed by atoms with van der Waals surface area (Å²) >= 11 is 0. The number of amides is 1. The van der Waals surface area contributed by atoms with Crippen LogP contribution in [0, 0.1) is 0 Å². The van der Waals surface area contributed by atoms with Gasteiger partial charge in [0.15, 0.2) is 0 Å². The number of ether oxygens (including phenoxy) is 1. The van der Waals surface area contributed by atoms with E-state index in [2.05, 4.69) is 5.32 Å². The molecule has 1 fully saturated rings. The van der Waals surface area contributed by atoms with Crippen molar-refractivity contribution in [2.75, 3.05) is 32.8 Å². The lowest BCUT2D eigenvalue weighted by atomic mass is 10.1. The Bertz CT molecular complexity index is 203. The average molecular weight is 228 g/mol. The second kappa shape index (κ2) is 7.63. The lowest BCUT2D eigenvalue weighted by molar-refractivity contribution is -0.131. The maximum Gasteiger partial charge on any atom is 0.236 e. The van der Waals surface area contributed by atoms with Gasteiger partial charge >= 0.3 is 0 Å². The molecule has 1 aliphatic rings. The fourth-order valence-electron chi connectivity index (χ4n) is 1.98. The van der Waals surface area contributed by atoms with E-state index in [-0.39, 0.29) is 12.0 Å². The Morgan fingerprint density at radius 2 is 2.06 bits per heavy atom. The number of nitrogens with one attached hydrogen (secondary N) is 1. The highest BCUT2D eigenvalue weighted by Gasteiger charge is 2.15. The van der Waals surface area contributed by atoms with E-state index in [1.165, 1.54) is 6.42 Å². The van der Waals surface area contributed by atoms with E-state index in [4.69, 9.17) is 4.74 Å². The van der Waals surface area contributed by atoms with Gasteiger partial charge in [0, 0.05) is 26.2 Å². The van der Waals surface area contributed by atoms with Crippen molar-refractivity contribution in [1.82, 2.24) is 10.2 Å². The summed E-state index contributed by atoms with van der Waals surface area (Å²) in [6.45, 7) is 7.77. The zero-order valence-electron chi connectivity index (χ0n) is 10.5. The van der Waals surface area contributed by atoms with E-state index in [1.807, 2.05) is 18.7 Å². The van der Waals surface area contributed by atoms with Gasteiger partial charge in [0.25, 0.3) is 0 Å². The highest BCUT2D eigenvalue weighted by atomic mass is 16.5. The number of rotatable bonds is 6. The molecule has 94 valence electrons. The molecule has 4 nitrogen and oxygen atoms in total. The first kappa shape index (κ1) is 13.5. The third kappa shape index (κ3) is 4.94. The van der Waals surface area contributed by atoms with Crippen molar-refractivity contribution in [3.8, 4) is 0 Å². The minimum absolute atomic E-state index is 0.180. The van der Waals surface area contributed by atoms with Gasteiger partial charge in [-0.15, -0.1) is 0 Å². The molecule has 1 amide bonds. The summed E-state index contributed by atoms with van der Waals surface area (Å²) in [7, 11) is 0. The molecule has 16 heavy (non-hydrogen) atoms. The Morgan fingerprint density at radius 1 is 1.38 bits per heavy atom. The summed E-state index contributed by atoms with van der Waals surface area (Å²) < 4.78 is 5.38. The zero-order valence-corrected chi connectivity index (χ0v) is 10.5. The maximum atomic E-state index is 11.8. The highest BCUT2D eigenvalue weighted by Crippen LogP contribution is 2.08. The predicted octanol–water partition coefficient (Wildman–Crippen LogP) is 1.01. The number of piperidine rings is 1. The molecule has 4 heteroatoms. The number of carbonyl (C=O) groups is 1. The largest absolute Gasteiger partial charge is 0.377 e.